The van der Waals surface area contributed by atoms with E-state index >= 15 is 0 Å². The molecule has 0 aliphatic carbocycles. The van der Waals surface area contributed by atoms with Crippen molar-refractivity contribution in [2.24, 2.45) is 0 Å². The van der Waals surface area contributed by atoms with Crippen LogP contribution in [0.15, 0.2) is 48.6 Å². The first-order chi connectivity index (χ1) is 51.1. The molecule has 0 spiro atoms. The molecule has 2 aliphatic rings. The van der Waals surface area contributed by atoms with E-state index in [0.717, 1.165) is 38.5 Å². The lowest BCUT2D eigenvalue weighted by atomic mass is 9.97. The molecule has 2 rings (SSSR count). The van der Waals surface area contributed by atoms with Crippen molar-refractivity contribution < 1.29 is 64.6 Å². The number of carbonyl (C=O) groups is 1. The first-order valence-corrected chi connectivity index (χ1v) is 44.9. The van der Waals surface area contributed by atoms with Crippen molar-refractivity contribution in [3.05, 3.63) is 48.6 Å². The topological polar surface area (TPSA) is 228 Å². The Morgan fingerprint density at radius 1 is 0.346 bits per heavy atom. The number of carbonyl (C=O) groups excluding carboxylic acids is 1. The zero-order chi connectivity index (χ0) is 75.1. The van der Waals surface area contributed by atoms with Crippen LogP contribution < -0.4 is 5.32 Å². The van der Waals surface area contributed by atoms with Crippen LogP contribution in [0.1, 0.15) is 425 Å². The summed E-state index contributed by atoms with van der Waals surface area (Å²) in [5, 5.41) is 87.8. The van der Waals surface area contributed by atoms with Gasteiger partial charge in [-0.05, 0) is 64.2 Å². The molecule has 104 heavy (non-hydrogen) atoms. The molecule has 0 aromatic rings. The summed E-state index contributed by atoms with van der Waals surface area (Å²) in [5.74, 6) is -0.240. The summed E-state index contributed by atoms with van der Waals surface area (Å²) in [6.07, 6.45) is 83.8. The minimum Gasteiger partial charge on any atom is -0.394 e. The Labute approximate surface area is 639 Å². The summed E-state index contributed by atoms with van der Waals surface area (Å²) >= 11 is 0. The van der Waals surface area contributed by atoms with E-state index in [1.807, 2.05) is 6.08 Å². The molecular formula is C90H169NO13. The molecule has 0 saturated carbocycles. The Balaban J connectivity index is 1.57. The smallest absolute Gasteiger partial charge is 0.220 e. The van der Waals surface area contributed by atoms with Gasteiger partial charge in [0.25, 0.3) is 0 Å². The molecule has 2 fully saturated rings. The van der Waals surface area contributed by atoms with Crippen LogP contribution in [-0.2, 0) is 23.7 Å². The van der Waals surface area contributed by atoms with Crippen molar-refractivity contribution >= 4 is 5.91 Å². The third-order valence-electron chi connectivity index (χ3n) is 22.0. The third kappa shape index (κ3) is 55.4. The van der Waals surface area contributed by atoms with Crippen LogP contribution >= 0.6 is 0 Å². The van der Waals surface area contributed by atoms with Gasteiger partial charge < -0.3 is 65.1 Å². The summed E-state index contributed by atoms with van der Waals surface area (Å²) in [5.41, 5.74) is 0. The van der Waals surface area contributed by atoms with E-state index in [1.165, 1.54) is 353 Å². The second-order valence-electron chi connectivity index (χ2n) is 31.7. The molecule has 1 amide bonds. The number of amides is 1. The van der Waals surface area contributed by atoms with Crippen LogP contribution in [0.4, 0.5) is 0 Å². The Hall–Kier alpha value is -2.05. The molecule has 2 heterocycles. The number of allylic oxidation sites excluding steroid dienone is 7. The lowest BCUT2D eigenvalue weighted by Crippen LogP contribution is -2.65. The molecule has 2 saturated heterocycles. The molecule has 12 unspecified atom stereocenters. The predicted octanol–water partition coefficient (Wildman–Crippen LogP) is 21.7. The summed E-state index contributed by atoms with van der Waals surface area (Å²) in [6.45, 7) is 2.84. The first-order valence-electron chi connectivity index (χ1n) is 44.9. The van der Waals surface area contributed by atoms with Crippen molar-refractivity contribution in [1.82, 2.24) is 5.32 Å². The Kier molecular flexibility index (Phi) is 69.5. The second-order valence-corrected chi connectivity index (χ2v) is 31.7. The van der Waals surface area contributed by atoms with E-state index in [-0.39, 0.29) is 18.9 Å². The molecule has 612 valence electrons. The Morgan fingerprint density at radius 3 is 1.00 bits per heavy atom. The summed E-state index contributed by atoms with van der Waals surface area (Å²) in [7, 11) is 0. The monoisotopic (exact) mass is 1470 g/mol. The highest BCUT2D eigenvalue weighted by atomic mass is 16.7. The largest absolute Gasteiger partial charge is 0.394 e. The van der Waals surface area contributed by atoms with Gasteiger partial charge in [0.2, 0.25) is 5.91 Å². The van der Waals surface area contributed by atoms with Gasteiger partial charge in [-0.25, -0.2) is 0 Å². The minimum absolute atomic E-state index is 0.240. The quantitative estimate of drug-likeness (QED) is 0.0204. The van der Waals surface area contributed by atoms with Gasteiger partial charge in [0.1, 0.15) is 48.8 Å². The lowest BCUT2D eigenvalue weighted by Gasteiger charge is -2.46. The van der Waals surface area contributed by atoms with Crippen LogP contribution in [0.3, 0.4) is 0 Å². The lowest BCUT2D eigenvalue weighted by molar-refractivity contribution is -0.359. The van der Waals surface area contributed by atoms with E-state index in [1.54, 1.807) is 6.08 Å². The maximum atomic E-state index is 13.4. The van der Waals surface area contributed by atoms with Gasteiger partial charge in [-0.3, -0.25) is 4.79 Å². The zero-order valence-electron chi connectivity index (χ0n) is 67.5. The van der Waals surface area contributed by atoms with Gasteiger partial charge in [0.15, 0.2) is 12.6 Å². The van der Waals surface area contributed by atoms with Crippen molar-refractivity contribution in [3.8, 4) is 0 Å². The third-order valence-corrected chi connectivity index (χ3v) is 22.0. The number of hydrogen-bond acceptors (Lipinski definition) is 13. The fourth-order valence-corrected chi connectivity index (χ4v) is 14.9. The van der Waals surface area contributed by atoms with Gasteiger partial charge in [-0.15, -0.1) is 0 Å². The molecule has 0 aromatic carbocycles. The number of unbranched alkanes of at least 4 members (excludes halogenated alkanes) is 58. The predicted molar refractivity (Wildman–Crippen MR) is 434 cm³/mol. The van der Waals surface area contributed by atoms with E-state index in [4.69, 9.17) is 18.9 Å². The average molecular weight is 1470 g/mol. The molecule has 9 N–H and O–H groups in total. The number of nitrogens with one attached hydrogen (secondary N) is 1. The average Bonchev–Trinajstić information content (AvgIpc) is 0.791. The van der Waals surface area contributed by atoms with Crippen molar-refractivity contribution in [2.75, 3.05) is 19.8 Å². The van der Waals surface area contributed by atoms with Gasteiger partial charge in [0.05, 0.1) is 32.0 Å². The SMILES string of the molecule is CCCCCCC/C=C\C/C=C\CCCCCCCCCCCCCCCCCCCCCCCCCCCCCC(=O)NC(COC1OC(CO)C(OC2OC(CO)C(O)C(O)C2O)C(O)C1O)C(O)/C=C/CC/C=C/CCCCCCCCCCCCCCCCCCCCCCCCCCC. The molecule has 14 heteroatoms. The number of hydrogen-bond donors (Lipinski definition) is 9. The van der Waals surface area contributed by atoms with Gasteiger partial charge >= 0.3 is 0 Å². The van der Waals surface area contributed by atoms with Gasteiger partial charge in [0, 0.05) is 6.42 Å². The molecule has 0 bridgehead atoms. The van der Waals surface area contributed by atoms with E-state index in [0.29, 0.717) is 12.8 Å². The number of aliphatic hydroxyl groups excluding tert-OH is 8. The molecule has 12 atom stereocenters. The highest BCUT2D eigenvalue weighted by Gasteiger charge is 2.51. The van der Waals surface area contributed by atoms with E-state index < -0.39 is 86.8 Å². The summed E-state index contributed by atoms with van der Waals surface area (Å²) in [6, 6.07) is -0.933. The van der Waals surface area contributed by atoms with Crippen LogP contribution in [0.25, 0.3) is 0 Å². The number of aliphatic hydroxyl groups is 8. The second kappa shape index (κ2) is 73.7. The summed E-state index contributed by atoms with van der Waals surface area (Å²) < 4.78 is 22.9. The van der Waals surface area contributed by atoms with Gasteiger partial charge in [-0.2, -0.15) is 0 Å². The van der Waals surface area contributed by atoms with Crippen LogP contribution in [0.2, 0.25) is 0 Å². The summed E-state index contributed by atoms with van der Waals surface area (Å²) in [4.78, 5) is 13.4. The van der Waals surface area contributed by atoms with E-state index in [2.05, 4.69) is 55.6 Å². The van der Waals surface area contributed by atoms with Crippen LogP contribution in [0.5, 0.6) is 0 Å². The first kappa shape index (κ1) is 98.0. The van der Waals surface area contributed by atoms with Crippen molar-refractivity contribution in [3.63, 3.8) is 0 Å². The molecular weight excluding hydrogens is 1300 g/mol. The van der Waals surface area contributed by atoms with Crippen molar-refractivity contribution in [1.29, 1.82) is 0 Å². The Morgan fingerprint density at radius 2 is 0.644 bits per heavy atom. The highest BCUT2D eigenvalue weighted by Crippen LogP contribution is 2.31. The van der Waals surface area contributed by atoms with Crippen LogP contribution in [0, 0.1) is 0 Å². The molecule has 0 radical (unpaired) electrons. The minimum atomic E-state index is -1.79. The van der Waals surface area contributed by atoms with Crippen LogP contribution in [-0.4, -0.2) is 140 Å². The van der Waals surface area contributed by atoms with Crippen molar-refractivity contribution in [2.45, 2.75) is 498 Å². The maximum Gasteiger partial charge on any atom is 0.220 e. The maximum absolute atomic E-state index is 13.4. The number of rotatable bonds is 77. The standard InChI is InChI=1S/C90H169NO13/c1-3-5-7-9-11-13-15-17-19-21-23-25-27-29-31-33-35-36-37-38-39-40-41-42-44-46-48-50-52-54-56-58-60-62-64-66-68-70-72-74-82(95)91-78(77-101-89-87(100)85(98)88(81(76-93)103-89)104-90-86(99)84(97)83(96)80(75-92)102-90)79(94)73-71-69-67-65-63-61-59-57-55-53-51-49-47-45-43-34-32-30-28-26-24-22-20-18-16-14-12-10-8-6-4-2/h15,17,21,23,63,65,71,73,78-81,83-90,92-94,96-100H,3-14,16,18-20,22,24-62,64,66-70,72,74-77H2,1-2H3,(H,91,95)/b17-15-,23-21-,65-63+,73-71+. The molecule has 2 aliphatic heterocycles. The fourth-order valence-electron chi connectivity index (χ4n) is 14.9. The normalized spacial score (nSPS) is 21.6. The molecule has 0 aromatic heterocycles. The van der Waals surface area contributed by atoms with E-state index in [9.17, 15) is 45.6 Å². The zero-order valence-corrected chi connectivity index (χ0v) is 67.5. The Bertz CT molecular complexity index is 1930. The highest BCUT2D eigenvalue weighted by molar-refractivity contribution is 5.76. The number of ether oxygens (including phenoxy) is 4. The van der Waals surface area contributed by atoms with Gasteiger partial charge in [-0.1, -0.05) is 403 Å². The fraction of sp³-hybridized carbons (Fsp3) is 0.900. The molecule has 14 nitrogen and oxygen atoms in total.